The van der Waals surface area contributed by atoms with Crippen molar-refractivity contribution in [3.8, 4) is 11.5 Å². The minimum atomic E-state index is 0.129. The first-order valence-corrected chi connectivity index (χ1v) is 7.20. The Morgan fingerprint density at radius 3 is 2.15 bits per heavy atom. The summed E-state index contributed by atoms with van der Waals surface area (Å²) in [7, 11) is 3.23. The number of fused-ring (bicyclic) bond motifs is 1. The second-order valence-electron chi connectivity index (χ2n) is 5.04. The highest BCUT2D eigenvalue weighted by atomic mass is 16.5. The second kappa shape index (κ2) is 6.12. The molecule has 0 radical (unpaired) electrons. The number of allylic oxidation sites excluding steroid dienone is 2. The molecule has 1 aromatic rings. The molecule has 0 N–H and O–H groups in total. The van der Waals surface area contributed by atoms with Gasteiger partial charge in [0.05, 0.1) is 19.8 Å². The fourth-order valence-corrected chi connectivity index (χ4v) is 2.84. The van der Waals surface area contributed by atoms with Gasteiger partial charge < -0.3 is 9.47 Å². The number of carbonyl (C=O) groups is 1. The van der Waals surface area contributed by atoms with Crippen LogP contribution in [-0.2, 0) is 0 Å². The number of ketones is 1. The van der Waals surface area contributed by atoms with Gasteiger partial charge in [0.2, 0.25) is 0 Å². The van der Waals surface area contributed by atoms with Crippen LogP contribution in [0.25, 0.3) is 5.57 Å². The van der Waals surface area contributed by atoms with Crippen LogP contribution in [0.2, 0.25) is 0 Å². The number of carbonyl (C=O) groups excluding carboxylic acids is 1. The lowest BCUT2D eigenvalue weighted by molar-refractivity contribution is 0.103. The highest BCUT2D eigenvalue weighted by Gasteiger charge is 2.32. The molecular weight excluding hydrogens is 252 g/mol. The van der Waals surface area contributed by atoms with Gasteiger partial charge in [0.1, 0.15) is 11.5 Å². The van der Waals surface area contributed by atoms with Gasteiger partial charge in [0.15, 0.2) is 5.78 Å². The molecule has 0 unspecified atom stereocenters. The molecule has 0 aliphatic heterocycles. The largest absolute Gasteiger partial charge is 0.497 e. The quantitative estimate of drug-likeness (QED) is 0.777. The fourth-order valence-electron chi connectivity index (χ4n) is 2.84. The van der Waals surface area contributed by atoms with E-state index in [0.29, 0.717) is 11.3 Å². The van der Waals surface area contributed by atoms with E-state index in [1.165, 1.54) is 5.57 Å². The van der Waals surface area contributed by atoms with E-state index in [0.717, 1.165) is 42.6 Å². The standard InChI is InChI=1S/C17H22O3/c1-5-7-12-13(8-6-2)17(18)16-14(12)9-11(19-3)10-15(16)20-4/h9-10H,5-8H2,1-4H3. The van der Waals surface area contributed by atoms with Crippen molar-refractivity contribution >= 4 is 11.4 Å². The predicted molar refractivity (Wildman–Crippen MR) is 80.6 cm³/mol. The molecule has 3 nitrogen and oxygen atoms in total. The lowest BCUT2D eigenvalue weighted by Gasteiger charge is -2.11. The first-order chi connectivity index (χ1) is 9.67. The third-order valence-electron chi connectivity index (χ3n) is 3.72. The fraction of sp³-hybridized carbons (Fsp3) is 0.471. The average molecular weight is 274 g/mol. The van der Waals surface area contributed by atoms with Crippen molar-refractivity contribution in [1.82, 2.24) is 0 Å². The van der Waals surface area contributed by atoms with Gasteiger partial charge in [-0.2, -0.15) is 0 Å². The lowest BCUT2D eigenvalue weighted by atomic mass is 9.99. The van der Waals surface area contributed by atoms with Crippen LogP contribution in [0.5, 0.6) is 11.5 Å². The number of ether oxygens (including phenoxy) is 2. The maximum atomic E-state index is 12.7. The van der Waals surface area contributed by atoms with E-state index < -0.39 is 0 Å². The van der Waals surface area contributed by atoms with Gasteiger partial charge in [-0.05, 0) is 30.0 Å². The Kier molecular flexibility index (Phi) is 4.48. The van der Waals surface area contributed by atoms with Gasteiger partial charge in [-0.15, -0.1) is 0 Å². The molecule has 0 atom stereocenters. The lowest BCUT2D eigenvalue weighted by Crippen LogP contribution is -2.02. The van der Waals surface area contributed by atoms with Crippen molar-refractivity contribution in [2.24, 2.45) is 0 Å². The van der Waals surface area contributed by atoms with Gasteiger partial charge in [-0.1, -0.05) is 26.7 Å². The Morgan fingerprint density at radius 1 is 0.950 bits per heavy atom. The van der Waals surface area contributed by atoms with Crippen LogP contribution in [-0.4, -0.2) is 20.0 Å². The van der Waals surface area contributed by atoms with E-state index in [2.05, 4.69) is 13.8 Å². The van der Waals surface area contributed by atoms with Crippen LogP contribution in [0, 0.1) is 0 Å². The molecule has 0 saturated carbocycles. The summed E-state index contributed by atoms with van der Waals surface area (Å²) in [6.45, 7) is 4.24. The molecular formula is C17H22O3. The molecule has 0 amide bonds. The molecule has 0 spiro atoms. The van der Waals surface area contributed by atoms with E-state index >= 15 is 0 Å². The van der Waals surface area contributed by atoms with Gasteiger partial charge in [0, 0.05) is 11.6 Å². The normalized spacial score (nSPS) is 13.7. The van der Waals surface area contributed by atoms with Crippen molar-refractivity contribution in [3.05, 3.63) is 28.8 Å². The van der Waals surface area contributed by atoms with Crippen molar-refractivity contribution in [3.63, 3.8) is 0 Å². The summed E-state index contributed by atoms with van der Waals surface area (Å²) in [6, 6.07) is 3.75. The van der Waals surface area contributed by atoms with Gasteiger partial charge in [-0.3, -0.25) is 4.79 Å². The van der Waals surface area contributed by atoms with Crippen LogP contribution in [0.3, 0.4) is 0 Å². The summed E-state index contributed by atoms with van der Waals surface area (Å²) in [5, 5.41) is 0. The van der Waals surface area contributed by atoms with Crippen molar-refractivity contribution < 1.29 is 14.3 Å². The zero-order valence-corrected chi connectivity index (χ0v) is 12.7. The molecule has 1 aliphatic rings. The number of rotatable bonds is 6. The van der Waals surface area contributed by atoms with Crippen LogP contribution in [0.1, 0.15) is 55.5 Å². The Balaban J connectivity index is 2.62. The molecule has 0 aromatic heterocycles. The van der Waals surface area contributed by atoms with Crippen molar-refractivity contribution in [2.75, 3.05) is 14.2 Å². The van der Waals surface area contributed by atoms with Gasteiger partial charge >= 0.3 is 0 Å². The molecule has 0 bridgehead atoms. The molecule has 1 aliphatic carbocycles. The molecule has 108 valence electrons. The minimum Gasteiger partial charge on any atom is -0.497 e. The van der Waals surface area contributed by atoms with E-state index in [9.17, 15) is 4.79 Å². The van der Waals surface area contributed by atoms with Crippen molar-refractivity contribution in [1.29, 1.82) is 0 Å². The summed E-state index contributed by atoms with van der Waals surface area (Å²) in [6.07, 6.45) is 3.75. The number of hydrogen-bond acceptors (Lipinski definition) is 3. The monoisotopic (exact) mass is 274 g/mol. The second-order valence-corrected chi connectivity index (χ2v) is 5.04. The summed E-state index contributed by atoms with van der Waals surface area (Å²) in [4.78, 5) is 12.7. The summed E-state index contributed by atoms with van der Waals surface area (Å²) >= 11 is 0. The first kappa shape index (κ1) is 14.6. The molecule has 1 aromatic carbocycles. The first-order valence-electron chi connectivity index (χ1n) is 7.20. The highest BCUT2D eigenvalue weighted by Crippen LogP contribution is 2.43. The number of hydrogen-bond donors (Lipinski definition) is 0. The third-order valence-corrected chi connectivity index (χ3v) is 3.72. The maximum Gasteiger partial charge on any atom is 0.193 e. The van der Waals surface area contributed by atoms with Crippen LogP contribution < -0.4 is 9.47 Å². The minimum absolute atomic E-state index is 0.129. The smallest absolute Gasteiger partial charge is 0.193 e. The predicted octanol–water partition coefficient (Wildman–Crippen LogP) is 4.25. The van der Waals surface area contributed by atoms with E-state index in [4.69, 9.17) is 9.47 Å². The van der Waals surface area contributed by atoms with Gasteiger partial charge in [0.25, 0.3) is 0 Å². The Hall–Kier alpha value is -1.77. The summed E-state index contributed by atoms with van der Waals surface area (Å²) < 4.78 is 10.7. The van der Waals surface area contributed by atoms with Crippen LogP contribution in [0.15, 0.2) is 17.7 Å². The summed E-state index contributed by atoms with van der Waals surface area (Å²) in [5.74, 6) is 1.48. The Morgan fingerprint density at radius 2 is 1.60 bits per heavy atom. The summed E-state index contributed by atoms with van der Waals surface area (Å²) in [5.41, 5.74) is 3.83. The molecule has 2 rings (SSSR count). The Labute approximate surface area is 120 Å². The van der Waals surface area contributed by atoms with Crippen LogP contribution in [0.4, 0.5) is 0 Å². The Bertz CT molecular complexity index is 556. The molecule has 0 heterocycles. The molecule has 0 saturated heterocycles. The van der Waals surface area contributed by atoms with E-state index in [-0.39, 0.29) is 5.78 Å². The third kappa shape index (κ3) is 2.33. The molecule has 3 heteroatoms. The number of methoxy groups -OCH3 is 2. The van der Waals surface area contributed by atoms with E-state index in [1.54, 1.807) is 20.3 Å². The number of benzene rings is 1. The average Bonchev–Trinajstić information content (AvgIpc) is 2.73. The SMILES string of the molecule is CCCC1=C(CCC)c2cc(OC)cc(OC)c2C1=O. The zero-order valence-electron chi connectivity index (χ0n) is 12.7. The molecule has 20 heavy (non-hydrogen) atoms. The van der Waals surface area contributed by atoms with Gasteiger partial charge in [-0.25, -0.2) is 0 Å². The number of Topliss-reactive ketones (excluding diaryl/α,β-unsaturated/α-hetero) is 1. The maximum absolute atomic E-state index is 12.7. The zero-order chi connectivity index (χ0) is 14.7. The van der Waals surface area contributed by atoms with E-state index in [1.807, 2.05) is 6.07 Å². The highest BCUT2D eigenvalue weighted by molar-refractivity contribution is 6.22. The topological polar surface area (TPSA) is 35.5 Å². The van der Waals surface area contributed by atoms with Crippen molar-refractivity contribution in [2.45, 2.75) is 39.5 Å². The molecule has 0 fully saturated rings. The van der Waals surface area contributed by atoms with Crippen LogP contribution >= 0.6 is 0 Å².